The highest BCUT2D eigenvalue weighted by atomic mass is 35.5. The van der Waals surface area contributed by atoms with E-state index in [0.29, 0.717) is 6.08 Å². The summed E-state index contributed by atoms with van der Waals surface area (Å²) >= 11 is 5.82. The number of carbonyl (C=O) groups excluding carboxylic acids is 2. The lowest BCUT2D eigenvalue weighted by Crippen LogP contribution is -2.20. The number of benzene rings is 1. The average Bonchev–Trinajstić information content (AvgIpc) is 2.47. The van der Waals surface area contributed by atoms with E-state index in [-0.39, 0.29) is 10.7 Å². The van der Waals surface area contributed by atoms with Crippen molar-refractivity contribution in [2.24, 2.45) is 0 Å². The number of esters is 2. The molecule has 126 valence electrons. The Morgan fingerprint density at radius 3 is 2.39 bits per heavy atom. The number of rotatable bonds is 5. The number of methoxy groups -OCH3 is 2. The summed E-state index contributed by atoms with van der Waals surface area (Å²) in [6.45, 7) is 0. The second kappa shape index (κ2) is 7.73. The number of alkyl halides is 3. The molecule has 1 N–H and O–H groups in total. The molecule has 0 aromatic heterocycles. The Morgan fingerprint density at radius 2 is 1.87 bits per heavy atom. The number of carbonyl (C=O) groups is 2. The van der Waals surface area contributed by atoms with Crippen molar-refractivity contribution in [3.8, 4) is 5.75 Å². The molecule has 0 aliphatic rings. The highest BCUT2D eigenvalue weighted by Gasteiger charge is 2.33. The molecular weight excluding hydrogens is 343 g/mol. The highest BCUT2D eigenvalue weighted by molar-refractivity contribution is 6.33. The van der Waals surface area contributed by atoms with E-state index in [2.05, 4.69) is 19.5 Å². The SMILES string of the molecule is COC(=O)/C=C(/Nc1c(Cl)cccc1OC(F)(F)F)C(=O)OC. The van der Waals surface area contributed by atoms with Crippen LogP contribution in [-0.2, 0) is 19.1 Å². The van der Waals surface area contributed by atoms with Crippen molar-refractivity contribution in [1.29, 1.82) is 0 Å². The minimum atomic E-state index is -4.97. The van der Waals surface area contributed by atoms with E-state index in [1.54, 1.807) is 0 Å². The number of anilines is 1. The minimum Gasteiger partial charge on any atom is -0.466 e. The van der Waals surface area contributed by atoms with Gasteiger partial charge in [0.25, 0.3) is 0 Å². The van der Waals surface area contributed by atoms with Gasteiger partial charge in [-0.3, -0.25) is 0 Å². The van der Waals surface area contributed by atoms with E-state index in [4.69, 9.17) is 11.6 Å². The lowest BCUT2D eigenvalue weighted by atomic mass is 10.2. The summed E-state index contributed by atoms with van der Waals surface area (Å²) in [6.07, 6.45) is -4.27. The third-order valence-corrected chi connectivity index (χ3v) is 2.64. The topological polar surface area (TPSA) is 73.9 Å². The van der Waals surface area contributed by atoms with Gasteiger partial charge in [0.1, 0.15) is 11.4 Å². The summed E-state index contributed by atoms with van der Waals surface area (Å²) in [7, 11) is 2.08. The largest absolute Gasteiger partial charge is 0.573 e. The summed E-state index contributed by atoms with van der Waals surface area (Å²) in [5.41, 5.74) is -0.855. The third-order valence-electron chi connectivity index (χ3n) is 2.33. The first-order valence-electron chi connectivity index (χ1n) is 5.87. The minimum absolute atomic E-state index is 0.175. The van der Waals surface area contributed by atoms with Crippen molar-refractivity contribution in [1.82, 2.24) is 0 Å². The Balaban J connectivity index is 3.25. The van der Waals surface area contributed by atoms with Gasteiger partial charge < -0.3 is 19.5 Å². The number of hydrogen-bond acceptors (Lipinski definition) is 6. The number of ether oxygens (including phenoxy) is 3. The summed E-state index contributed by atoms with van der Waals surface area (Å²) in [4.78, 5) is 22.8. The first-order valence-corrected chi connectivity index (χ1v) is 6.25. The summed E-state index contributed by atoms with van der Waals surface area (Å²) in [5.74, 6) is -2.64. The highest BCUT2D eigenvalue weighted by Crippen LogP contribution is 2.36. The van der Waals surface area contributed by atoms with Gasteiger partial charge in [0.15, 0.2) is 5.75 Å². The lowest BCUT2D eigenvalue weighted by Gasteiger charge is -2.16. The molecule has 0 atom stereocenters. The van der Waals surface area contributed by atoms with Crippen molar-refractivity contribution >= 4 is 29.2 Å². The molecule has 1 aromatic carbocycles. The maximum atomic E-state index is 12.4. The van der Waals surface area contributed by atoms with Gasteiger partial charge in [-0.2, -0.15) is 0 Å². The number of halogens is 4. The van der Waals surface area contributed by atoms with Gasteiger partial charge in [-0.15, -0.1) is 13.2 Å². The molecule has 23 heavy (non-hydrogen) atoms. The third kappa shape index (κ3) is 5.70. The van der Waals surface area contributed by atoms with Crippen LogP contribution in [0.4, 0.5) is 18.9 Å². The zero-order valence-corrected chi connectivity index (χ0v) is 12.6. The molecule has 0 saturated carbocycles. The van der Waals surface area contributed by atoms with Crippen molar-refractivity contribution in [2.45, 2.75) is 6.36 Å². The van der Waals surface area contributed by atoms with Gasteiger partial charge in [-0.25, -0.2) is 9.59 Å². The van der Waals surface area contributed by atoms with Crippen LogP contribution in [0.3, 0.4) is 0 Å². The Hall–Kier alpha value is -2.42. The quantitative estimate of drug-likeness (QED) is 0.648. The Kier molecular flexibility index (Phi) is 6.26. The van der Waals surface area contributed by atoms with Gasteiger partial charge in [0, 0.05) is 0 Å². The second-order valence-corrected chi connectivity index (χ2v) is 4.27. The van der Waals surface area contributed by atoms with Crippen molar-refractivity contribution in [3.05, 3.63) is 35.0 Å². The summed E-state index contributed by atoms with van der Waals surface area (Å²) < 4.78 is 49.8. The molecule has 0 aliphatic heterocycles. The summed E-state index contributed by atoms with van der Waals surface area (Å²) in [5, 5.41) is 2.11. The van der Waals surface area contributed by atoms with Crippen molar-refractivity contribution < 1.29 is 37.0 Å². The van der Waals surface area contributed by atoms with Crippen molar-refractivity contribution in [2.75, 3.05) is 19.5 Å². The zero-order valence-electron chi connectivity index (χ0n) is 11.9. The van der Waals surface area contributed by atoms with Crippen LogP contribution in [0.15, 0.2) is 30.0 Å². The maximum absolute atomic E-state index is 12.4. The van der Waals surface area contributed by atoms with Crippen molar-refractivity contribution in [3.63, 3.8) is 0 Å². The van der Waals surface area contributed by atoms with Gasteiger partial charge in [-0.05, 0) is 12.1 Å². The van der Waals surface area contributed by atoms with E-state index >= 15 is 0 Å². The molecule has 0 saturated heterocycles. The first kappa shape index (κ1) is 18.6. The molecule has 0 bridgehead atoms. The van der Waals surface area contributed by atoms with E-state index in [0.717, 1.165) is 20.3 Å². The molecular formula is C13H11ClF3NO5. The van der Waals surface area contributed by atoms with Crippen LogP contribution in [0, 0.1) is 0 Å². The van der Waals surface area contributed by atoms with Crippen LogP contribution in [-0.4, -0.2) is 32.5 Å². The molecule has 0 unspecified atom stereocenters. The van der Waals surface area contributed by atoms with E-state index < -0.39 is 29.7 Å². The van der Waals surface area contributed by atoms with Crippen LogP contribution in [0.1, 0.15) is 0 Å². The van der Waals surface area contributed by atoms with Gasteiger partial charge in [-0.1, -0.05) is 17.7 Å². The fourth-order valence-electron chi connectivity index (χ4n) is 1.40. The van der Waals surface area contributed by atoms with Crippen LogP contribution in [0.5, 0.6) is 5.75 Å². The molecule has 10 heteroatoms. The predicted molar refractivity (Wildman–Crippen MR) is 73.9 cm³/mol. The first-order chi connectivity index (χ1) is 10.7. The molecule has 6 nitrogen and oxygen atoms in total. The smallest absolute Gasteiger partial charge is 0.466 e. The van der Waals surface area contributed by atoms with Crippen LogP contribution in [0.2, 0.25) is 5.02 Å². The molecule has 0 aliphatic carbocycles. The molecule has 0 radical (unpaired) electrons. The Labute approximate surface area is 133 Å². The lowest BCUT2D eigenvalue weighted by molar-refractivity contribution is -0.274. The van der Waals surface area contributed by atoms with E-state index in [1.807, 2.05) is 0 Å². The van der Waals surface area contributed by atoms with Crippen LogP contribution < -0.4 is 10.1 Å². The second-order valence-electron chi connectivity index (χ2n) is 3.86. The number of para-hydroxylation sites is 1. The van der Waals surface area contributed by atoms with Crippen LogP contribution >= 0.6 is 11.6 Å². The average molecular weight is 354 g/mol. The number of hydrogen-bond donors (Lipinski definition) is 1. The number of nitrogens with one attached hydrogen (secondary N) is 1. The van der Waals surface area contributed by atoms with Gasteiger partial charge in [0.2, 0.25) is 0 Å². The Morgan fingerprint density at radius 1 is 1.22 bits per heavy atom. The molecule has 1 aromatic rings. The summed E-state index contributed by atoms with van der Waals surface area (Å²) in [6, 6.07) is 3.46. The van der Waals surface area contributed by atoms with Gasteiger partial charge >= 0.3 is 18.3 Å². The van der Waals surface area contributed by atoms with Crippen LogP contribution in [0.25, 0.3) is 0 Å². The monoisotopic (exact) mass is 353 g/mol. The fourth-order valence-corrected chi connectivity index (χ4v) is 1.62. The van der Waals surface area contributed by atoms with Gasteiger partial charge in [0.05, 0.1) is 25.3 Å². The molecule has 0 heterocycles. The molecule has 1 rings (SSSR count). The molecule has 0 spiro atoms. The van der Waals surface area contributed by atoms with E-state index in [1.165, 1.54) is 12.1 Å². The van der Waals surface area contributed by atoms with E-state index in [9.17, 15) is 22.8 Å². The fraction of sp³-hybridized carbons (Fsp3) is 0.231. The normalized spacial score (nSPS) is 11.7. The predicted octanol–water partition coefficient (Wildman–Crippen LogP) is 2.88. The zero-order chi connectivity index (χ0) is 17.6. The molecule has 0 fully saturated rings. The standard InChI is InChI=1S/C13H11ClF3NO5/c1-21-10(19)6-8(12(20)22-2)18-11-7(14)4-3-5-9(11)23-13(15,16)17/h3-6,18H,1-2H3/b8-6+. The molecule has 0 amide bonds. The Bertz CT molecular complexity index is 631. The maximum Gasteiger partial charge on any atom is 0.573 e.